The van der Waals surface area contributed by atoms with Crippen molar-refractivity contribution in [2.24, 2.45) is 0 Å². The summed E-state index contributed by atoms with van der Waals surface area (Å²) in [6, 6.07) is 13.0. The van der Waals surface area contributed by atoms with Gasteiger partial charge in [0.2, 0.25) is 11.1 Å². The Morgan fingerprint density at radius 1 is 1.31 bits per heavy atom. The third-order valence-corrected chi connectivity index (χ3v) is 5.63. The van der Waals surface area contributed by atoms with E-state index in [-0.39, 0.29) is 11.7 Å². The van der Waals surface area contributed by atoms with Crippen molar-refractivity contribution >= 4 is 50.9 Å². The summed E-state index contributed by atoms with van der Waals surface area (Å²) in [4.78, 5) is 12.1. The standard InChI is InChI=1S/C17H15BrClN5OS/c1-10-3-2-4-11(7-10)16-22-23-17(24(16)20)26-9-15(25)21-12-5-6-14(19)13(18)8-12/h2-8H,9,20H2,1H3,(H,21,25). The van der Waals surface area contributed by atoms with Gasteiger partial charge in [0.25, 0.3) is 0 Å². The lowest BCUT2D eigenvalue weighted by Crippen LogP contribution is -2.16. The number of amides is 1. The van der Waals surface area contributed by atoms with Crippen LogP contribution < -0.4 is 11.2 Å². The van der Waals surface area contributed by atoms with E-state index < -0.39 is 0 Å². The number of nitrogens with one attached hydrogen (secondary N) is 1. The molecule has 2 aromatic carbocycles. The third kappa shape index (κ3) is 4.38. The monoisotopic (exact) mass is 451 g/mol. The first-order valence-corrected chi connectivity index (χ1v) is 9.75. The summed E-state index contributed by atoms with van der Waals surface area (Å²) in [5, 5.41) is 12.0. The van der Waals surface area contributed by atoms with E-state index in [1.165, 1.54) is 16.4 Å². The SMILES string of the molecule is Cc1cccc(-c2nnc(SCC(=O)Nc3ccc(Cl)c(Br)c3)n2N)c1. The van der Waals surface area contributed by atoms with E-state index >= 15 is 0 Å². The molecule has 1 amide bonds. The van der Waals surface area contributed by atoms with Gasteiger partial charge in [0, 0.05) is 15.7 Å². The van der Waals surface area contributed by atoms with Crippen LogP contribution >= 0.6 is 39.3 Å². The van der Waals surface area contributed by atoms with E-state index in [4.69, 9.17) is 17.4 Å². The second kappa shape index (κ2) is 8.11. The summed E-state index contributed by atoms with van der Waals surface area (Å²) in [7, 11) is 0. The van der Waals surface area contributed by atoms with Crippen molar-refractivity contribution < 1.29 is 4.79 Å². The van der Waals surface area contributed by atoms with E-state index in [2.05, 4.69) is 31.4 Å². The summed E-state index contributed by atoms with van der Waals surface area (Å²) in [5.41, 5.74) is 2.64. The number of carbonyl (C=O) groups excluding carboxylic acids is 1. The summed E-state index contributed by atoms with van der Waals surface area (Å²) in [6.07, 6.45) is 0. The number of nitrogens with two attached hydrogens (primary N) is 1. The molecule has 0 aliphatic rings. The minimum absolute atomic E-state index is 0.156. The predicted molar refractivity (Wildman–Crippen MR) is 109 cm³/mol. The van der Waals surface area contributed by atoms with Gasteiger partial charge in [-0.2, -0.15) is 0 Å². The molecule has 1 heterocycles. The molecule has 0 bridgehead atoms. The highest BCUT2D eigenvalue weighted by atomic mass is 79.9. The lowest BCUT2D eigenvalue weighted by molar-refractivity contribution is -0.113. The fourth-order valence-corrected chi connectivity index (χ4v) is 3.41. The second-order valence-electron chi connectivity index (χ2n) is 5.51. The van der Waals surface area contributed by atoms with E-state index in [1.807, 2.05) is 31.2 Å². The number of hydrogen-bond donors (Lipinski definition) is 2. The van der Waals surface area contributed by atoms with Crippen LogP contribution in [0.25, 0.3) is 11.4 Å². The normalized spacial score (nSPS) is 10.7. The van der Waals surface area contributed by atoms with Crippen molar-refractivity contribution in [1.29, 1.82) is 0 Å². The van der Waals surface area contributed by atoms with Gasteiger partial charge in [-0.15, -0.1) is 10.2 Å². The molecule has 134 valence electrons. The molecule has 3 aromatic rings. The summed E-state index contributed by atoms with van der Waals surface area (Å²) in [6.45, 7) is 2.00. The number of carbonyl (C=O) groups is 1. The van der Waals surface area contributed by atoms with Crippen LogP contribution in [0.1, 0.15) is 5.56 Å². The molecular formula is C17H15BrClN5OS. The number of aromatic nitrogens is 3. The molecule has 0 radical (unpaired) electrons. The third-order valence-electron chi connectivity index (χ3n) is 3.48. The Labute approximate surface area is 168 Å². The van der Waals surface area contributed by atoms with Crippen LogP contribution in [0.5, 0.6) is 0 Å². The largest absolute Gasteiger partial charge is 0.335 e. The quantitative estimate of drug-likeness (QED) is 0.449. The van der Waals surface area contributed by atoms with Crippen molar-refractivity contribution in [2.75, 3.05) is 16.9 Å². The summed E-state index contributed by atoms with van der Waals surface area (Å²) >= 11 is 10.5. The average molecular weight is 453 g/mol. The van der Waals surface area contributed by atoms with E-state index in [0.29, 0.717) is 26.2 Å². The Morgan fingerprint density at radius 2 is 2.12 bits per heavy atom. The van der Waals surface area contributed by atoms with E-state index in [0.717, 1.165) is 11.1 Å². The highest BCUT2D eigenvalue weighted by Gasteiger charge is 2.14. The van der Waals surface area contributed by atoms with Crippen LogP contribution in [0.4, 0.5) is 5.69 Å². The van der Waals surface area contributed by atoms with Gasteiger partial charge in [-0.1, -0.05) is 47.1 Å². The Morgan fingerprint density at radius 3 is 2.85 bits per heavy atom. The maximum Gasteiger partial charge on any atom is 0.234 e. The minimum Gasteiger partial charge on any atom is -0.335 e. The second-order valence-corrected chi connectivity index (χ2v) is 7.72. The number of benzene rings is 2. The Bertz CT molecular complexity index is 962. The molecule has 0 saturated heterocycles. The number of hydrogen-bond acceptors (Lipinski definition) is 5. The fraction of sp³-hybridized carbons (Fsp3) is 0.118. The molecular weight excluding hydrogens is 438 g/mol. The highest BCUT2D eigenvalue weighted by Crippen LogP contribution is 2.26. The lowest BCUT2D eigenvalue weighted by Gasteiger charge is -2.07. The van der Waals surface area contributed by atoms with Crippen molar-refractivity contribution in [3.8, 4) is 11.4 Å². The number of rotatable bonds is 5. The summed E-state index contributed by atoms with van der Waals surface area (Å²) < 4.78 is 2.11. The Balaban J connectivity index is 1.64. The zero-order chi connectivity index (χ0) is 18.7. The highest BCUT2D eigenvalue weighted by molar-refractivity contribution is 9.10. The van der Waals surface area contributed by atoms with Gasteiger partial charge in [-0.25, -0.2) is 4.68 Å². The van der Waals surface area contributed by atoms with Crippen molar-refractivity contribution in [3.63, 3.8) is 0 Å². The van der Waals surface area contributed by atoms with Crippen LogP contribution in [0.2, 0.25) is 5.02 Å². The van der Waals surface area contributed by atoms with Gasteiger partial charge in [0.15, 0.2) is 5.82 Å². The Kier molecular flexibility index (Phi) is 5.85. The first-order chi connectivity index (χ1) is 12.4. The average Bonchev–Trinajstić information content (AvgIpc) is 2.97. The van der Waals surface area contributed by atoms with Crippen LogP contribution in [0.15, 0.2) is 52.1 Å². The first-order valence-electron chi connectivity index (χ1n) is 7.59. The zero-order valence-corrected chi connectivity index (χ0v) is 16.9. The van der Waals surface area contributed by atoms with E-state index in [9.17, 15) is 4.79 Å². The number of nitrogen functional groups attached to an aromatic ring is 1. The fourth-order valence-electron chi connectivity index (χ4n) is 2.26. The summed E-state index contributed by atoms with van der Waals surface area (Å²) in [5.74, 6) is 6.61. The number of nitrogens with zero attached hydrogens (tertiary/aromatic N) is 3. The van der Waals surface area contributed by atoms with Gasteiger partial charge >= 0.3 is 0 Å². The van der Waals surface area contributed by atoms with Gasteiger partial charge in [0.05, 0.1) is 10.8 Å². The Hall–Kier alpha value is -2.03. The minimum atomic E-state index is -0.177. The molecule has 0 saturated carbocycles. The maximum absolute atomic E-state index is 12.1. The van der Waals surface area contributed by atoms with Crippen molar-refractivity contribution in [3.05, 3.63) is 57.5 Å². The van der Waals surface area contributed by atoms with Crippen LogP contribution in [0.3, 0.4) is 0 Å². The molecule has 0 aliphatic heterocycles. The lowest BCUT2D eigenvalue weighted by atomic mass is 10.1. The van der Waals surface area contributed by atoms with Gasteiger partial charge in [0.1, 0.15) is 0 Å². The topological polar surface area (TPSA) is 85.8 Å². The predicted octanol–water partition coefficient (Wildman–Crippen LogP) is 4.11. The molecule has 0 aliphatic carbocycles. The van der Waals surface area contributed by atoms with Gasteiger partial charge < -0.3 is 11.2 Å². The van der Waals surface area contributed by atoms with Crippen LogP contribution in [-0.2, 0) is 4.79 Å². The van der Waals surface area contributed by atoms with Crippen LogP contribution in [-0.4, -0.2) is 26.5 Å². The number of thioether (sulfide) groups is 1. The number of aryl methyl sites for hydroxylation is 1. The number of halogens is 2. The molecule has 1 aromatic heterocycles. The molecule has 3 rings (SSSR count). The molecule has 0 fully saturated rings. The van der Waals surface area contributed by atoms with Gasteiger partial charge in [-0.3, -0.25) is 4.79 Å². The first kappa shape index (κ1) is 18.8. The molecule has 0 spiro atoms. The molecule has 6 nitrogen and oxygen atoms in total. The smallest absolute Gasteiger partial charge is 0.234 e. The molecule has 0 atom stereocenters. The van der Waals surface area contributed by atoms with Crippen molar-refractivity contribution in [2.45, 2.75) is 12.1 Å². The number of anilines is 1. The molecule has 9 heteroatoms. The van der Waals surface area contributed by atoms with E-state index in [1.54, 1.807) is 18.2 Å². The molecule has 26 heavy (non-hydrogen) atoms. The zero-order valence-electron chi connectivity index (χ0n) is 13.7. The maximum atomic E-state index is 12.1. The molecule has 0 unspecified atom stereocenters. The molecule has 3 N–H and O–H groups in total. The van der Waals surface area contributed by atoms with Crippen molar-refractivity contribution in [1.82, 2.24) is 14.9 Å². The van der Waals surface area contributed by atoms with Crippen LogP contribution in [0, 0.1) is 6.92 Å². The van der Waals surface area contributed by atoms with Gasteiger partial charge in [-0.05, 0) is 47.1 Å².